The number of aromatic nitrogens is 4. The summed E-state index contributed by atoms with van der Waals surface area (Å²) in [4.78, 5) is 80.6. The van der Waals surface area contributed by atoms with Crippen molar-refractivity contribution in [3.8, 4) is 17.2 Å². The molecule has 57 heavy (non-hydrogen) atoms. The van der Waals surface area contributed by atoms with Gasteiger partial charge >= 0.3 is 12.0 Å². The molecule has 0 spiro atoms. The third-order valence-electron chi connectivity index (χ3n) is 9.37. The number of nitrogens with zero attached hydrogens (tertiary/aromatic N) is 6. The average Bonchev–Trinajstić information content (AvgIpc) is 3.66. The summed E-state index contributed by atoms with van der Waals surface area (Å²) in [5.74, 6) is -3.60. The fourth-order valence-electron chi connectivity index (χ4n) is 6.52. The lowest BCUT2D eigenvalue weighted by atomic mass is 9.94. The van der Waals surface area contributed by atoms with E-state index in [2.05, 4.69) is 38.1 Å². The molecule has 296 valence electrons. The van der Waals surface area contributed by atoms with Gasteiger partial charge in [-0.3, -0.25) is 29.0 Å². The molecule has 0 saturated carbocycles. The Morgan fingerprint density at radius 1 is 0.965 bits per heavy atom. The summed E-state index contributed by atoms with van der Waals surface area (Å²) in [6, 6.07) is 20.4. The van der Waals surface area contributed by atoms with Gasteiger partial charge in [-0.15, -0.1) is 11.7 Å². The third kappa shape index (κ3) is 10.2. The number of carboxylic acids is 1. The number of tetrazole rings is 1. The van der Waals surface area contributed by atoms with Crippen molar-refractivity contribution in [1.82, 2.24) is 40.9 Å². The number of hydrogen-bond donors (Lipinski definition) is 4. The normalized spacial score (nSPS) is 17.7. The van der Waals surface area contributed by atoms with E-state index in [0.717, 1.165) is 16.8 Å². The maximum Gasteiger partial charge on any atom is 0.319 e. The minimum atomic E-state index is -1.29. The van der Waals surface area contributed by atoms with E-state index in [0.29, 0.717) is 34.5 Å². The van der Waals surface area contributed by atoms with Crippen LogP contribution in [0.4, 0.5) is 10.5 Å². The minimum Gasteiger partial charge on any atom is -0.481 e. The van der Waals surface area contributed by atoms with E-state index in [9.17, 15) is 33.9 Å². The summed E-state index contributed by atoms with van der Waals surface area (Å²) in [5.41, 5.74) is 1.08. The summed E-state index contributed by atoms with van der Waals surface area (Å²) >= 11 is 1.01. The lowest BCUT2D eigenvalue weighted by Crippen LogP contribution is -2.64. The molecule has 0 radical (unpaired) electrons. The van der Waals surface area contributed by atoms with E-state index in [4.69, 9.17) is 4.74 Å². The van der Waals surface area contributed by atoms with Crippen molar-refractivity contribution in [2.45, 2.75) is 61.8 Å². The Kier molecular flexibility index (Phi) is 13.3. The van der Waals surface area contributed by atoms with Crippen LogP contribution in [0.5, 0.6) is 11.5 Å². The molecule has 4 aromatic rings. The number of anilines is 1. The first-order chi connectivity index (χ1) is 27.6. The molecule has 2 aliphatic rings. The second kappa shape index (κ2) is 18.9. The molecular formula is C39H41N9O8S. The van der Waals surface area contributed by atoms with E-state index < -0.39 is 59.5 Å². The number of fused-ring (bicyclic) bond motifs is 1. The zero-order valence-corrected chi connectivity index (χ0v) is 31.5. The number of ketones is 1. The van der Waals surface area contributed by atoms with E-state index in [1.54, 1.807) is 48.5 Å². The Bertz CT molecular complexity index is 2080. The monoisotopic (exact) mass is 795 g/mol. The van der Waals surface area contributed by atoms with Crippen LogP contribution in [0.3, 0.4) is 0 Å². The molecule has 0 aliphatic carbocycles. The standard InChI is InChI=1S/C39H41N9O8S/c1-2-10-25(37(53)54)23-31(33(49)24-57-39-43-44-45-47(39)27-11-5-3-6-12-27)41-35(51)32-15-9-22-46-34(50)21-20-30(36(52)48(32)46)42-38(55)40-26-16-18-29(19-17-26)56-28-13-7-4-8-14-28/h2-8,11-14,16-19,25,30-32H,1,9-10,15,20-24H2,(H,41,51)(H,53,54)(H2,40,42,55)/t25?,30-,31-,32-/m0/s1. The highest BCUT2D eigenvalue weighted by Crippen LogP contribution is 2.27. The Balaban J connectivity index is 1.14. The smallest absolute Gasteiger partial charge is 0.319 e. The van der Waals surface area contributed by atoms with Crippen LogP contribution >= 0.6 is 11.8 Å². The largest absolute Gasteiger partial charge is 0.481 e. The number of carbonyl (C=O) groups excluding carboxylic acids is 5. The van der Waals surface area contributed by atoms with Gasteiger partial charge in [0.2, 0.25) is 17.0 Å². The van der Waals surface area contributed by atoms with Crippen molar-refractivity contribution >= 4 is 53.0 Å². The molecule has 1 aromatic heterocycles. The van der Waals surface area contributed by atoms with Gasteiger partial charge in [0.1, 0.15) is 23.6 Å². The fraction of sp³-hybridized carbons (Fsp3) is 0.308. The van der Waals surface area contributed by atoms with Gasteiger partial charge in [0.25, 0.3) is 5.91 Å². The summed E-state index contributed by atoms with van der Waals surface area (Å²) in [5, 5.41) is 32.3. The number of amides is 5. The topological polar surface area (TPSA) is 218 Å². The van der Waals surface area contributed by atoms with E-state index in [1.807, 2.05) is 36.4 Å². The first kappa shape index (κ1) is 40.1. The summed E-state index contributed by atoms with van der Waals surface area (Å²) in [6.45, 7) is 3.80. The predicted molar refractivity (Wildman–Crippen MR) is 207 cm³/mol. The van der Waals surface area contributed by atoms with E-state index in [1.165, 1.54) is 15.8 Å². The van der Waals surface area contributed by atoms with Crippen molar-refractivity contribution in [3.05, 3.63) is 97.6 Å². The predicted octanol–water partition coefficient (Wildman–Crippen LogP) is 3.99. The number of Topliss-reactive ketones (excluding diaryl/α,β-unsaturated/α-hetero) is 1. The number of carbonyl (C=O) groups is 6. The molecule has 6 rings (SSSR count). The highest BCUT2D eigenvalue weighted by molar-refractivity contribution is 7.99. The van der Waals surface area contributed by atoms with Crippen molar-refractivity contribution in [3.63, 3.8) is 0 Å². The Labute approximate surface area is 331 Å². The Hall–Kier alpha value is -6.56. The molecule has 4 atom stereocenters. The number of carboxylic acid groups (broad SMARTS) is 1. The Morgan fingerprint density at radius 2 is 1.67 bits per heavy atom. The van der Waals surface area contributed by atoms with Crippen LogP contribution in [0.15, 0.2) is 103 Å². The molecule has 1 unspecified atom stereocenters. The zero-order chi connectivity index (χ0) is 40.3. The van der Waals surface area contributed by atoms with Crippen LogP contribution < -0.4 is 20.7 Å². The van der Waals surface area contributed by atoms with Gasteiger partial charge in [0.15, 0.2) is 5.78 Å². The zero-order valence-electron chi connectivity index (χ0n) is 30.7. The number of hydrazine groups is 1. The molecule has 4 N–H and O–H groups in total. The molecule has 18 heteroatoms. The van der Waals surface area contributed by atoms with Gasteiger partial charge in [-0.05, 0) is 91.1 Å². The van der Waals surface area contributed by atoms with Gasteiger partial charge in [0.05, 0.1) is 23.4 Å². The van der Waals surface area contributed by atoms with Crippen molar-refractivity contribution in [2.24, 2.45) is 5.92 Å². The van der Waals surface area contributed by atoms with E-state index in [-0.39, 0.29) is 44.4 Å². The van der Waals surface area contributed by atoms with Crippen LogP contribution in [0.1, 0.15) is 38.5 Å². The fourth-order valence-corrected chi connectivity index (χ4v) is 7.35. The Morgan fingerprint density at radius 3 is 2.37 bits per heavy atom. The first-order valence-electron chi connectivity index (χ1n) is 18.3. The highest BCUT2D eigenvalue weighted by Gasteiger charge is 2.45. The lowest BCUT2D eigenvalue weighted by molar-refractivity contribution is -0.176. The first-order valence-corrected chi connectivity index (χ1v) is 19.3. The third-order valence-corrected chi connectivity index (χ3v) is 10.3. The van der Waals surface area contributed by atoms with Crippen LogP contribution in [0, 0.1) is 5.92 Å². The molecule has 3 aromatic carbocycles. The van der Waals surface area contributed by atoms with Gasteiger partial charge in [-0.2, -0.15) is 4.68 Å². The second-order valence-corrected chi connectivity index (χ2v) is 14.2. The molecule has 0 bridgehead atoms. The maximum absolute atomic E-state index is 14.1. The molecule has 2 fully saturated rings. The number of allylic oxidation sites excluding steroid dienone is 1. The lowest BCUT2D eigenvalue weighted by Gasteiger charge is -2.43. The molecule has 2 aliphatic heterocycles. The summed E-state index contributed by atoms with van der Waals surface area (Å²) in [6.07, 6.45) is 1.63. The van der Waals surface area contributed by atoms with Crippen LogP contribution in [0.2, 0.25) is 0 Å². The maximum atomic E-state index is 14.1. The molecule has 2 saturated heterocycles. The van der Waals surface area contributed by atoms with Gasteiger partial charge < -0.3 is 25.8 Å². The average molecular weight is 796 g/mol. The number of thioether (sulfide) groups is 1. The van der Waals surface area contributed by atoms with Crippen molar-refractivity contribution in [2.75, 3.05) is 17.6 Å². The SMILES string of the molecule is C=CCC(C[C@H](NC(=O)[C@@H]1CCCN2C(=O)CC[C@H](NC(=O)Nc3ccc(Oc4ccccc4)cc3)C(=O)N12)C(=O)CSc1nnnn1-c1ccccc1)C(=O)O. The van der Waals surface area contributed by atoms with Crippen LogP contribution in [0.25, 0.3) is 5.69 Å². The summed E-state index contributed by atoms with van der Waals surface area (Å²) in [7, 11) is 0. The highest BCUT2D eigenvalue weighted by atomic mass is 32.2. The molecular weight excluding hydrogens is 755 g/mol. The number of rotatable bonds is 16. The number of ether oxygens (including phenoxy) is 1. The number of urea groups is 1. The molecule has 17 nitrogen and oxygen atoms in total. The van der Waals surface area contributed by atoms with Gasteiger partial charge in [-0.1, -0.05) is 54.2 Å². The number of benzene rings is 3. The van der Waals surface area contributed by atoms with Gasteiger partial charge in [-0.25, -0.2) is 9.80 Å². The number of hydrogen-bond acceptors (Lipinski definition) is 11. The molecule has 5 amide bonds. The number of nitrogens with one attached hydrogen (secondary N) is 3. The minimum absolute atomic E-state index is 0.0150. The number of aliphatic carboxylic acids is 1. The van der Waals surface area contributed by atoms with Crippen LogP contribution in [-0.2, 0) is 24.0 Å². The second-order valence-electron chi connectivity index (χ2n) is 13.3. The van der Waals surface area contributed by atoms with Crippen molar-refractivity contribution in [1.29, 1.82) is 0 Å². The van der Waals surface area contributed by atoms with Crippen molar-refractivity contribution < 1.29 is 38.6 Å². The number of para-hydroxylation sites is 2. The molecule has 3 heterocycles. The van der Waals surface area contributed by atoms with Crippen LogP contribution in [-0.4, -0.2) is 101 Å². The summed E-state index contributed by atoms with van der Waals surface area (Å²) < 4.78 is 7.24. The van der Waals surface area contributed by atoms with Gasteiger partial charge in [0, 0.05) is 18.7 Å². The van der Waals surface area contributed by atoms with E-state index >= 15 is 0 Å². The quantitative estimate of drug-likeness (QED) is 0.0936.